The molecule has 0 aliphatic heterocycles. The van der Waals surface area contributed by atoms with Crippen LogP contribution in [0.1, 0.15) is 43.3 Å². The van der Waals surface area contributed by atoms with Crippen LogP contribution < -0.4 is 11.4 Å². The molecule has 0 bridgehead atoms. The fourth-order valence-corrected chi connectivity index (χ4v) is 4.01. The third kappa shape index (κ3) is 3.65. The number of carbonyl (C=O) groups is 1. The van der Waals surface area contributed by atoms with Crippen molar-refractivity contribution in [1.29, 1.82) is 0 Å². The van der Waals surface area contributed by atoms with E-state index in [0.717, 1.165) is 35.9 Å². The van der Waals surface area contributed by atoms with Crippen molar-refractivity contribution in [2.45, 2.75) is 50.7 Å². The van der Waals surface area contributed by atoms with E-state index < -0.39 is 29.9 Å². The Morgan fingerprint density at radius 2 is 1.81 bits per heavy atom. The van der Waals surface area contributed by atoms with Crippen LogP contribution in [0, 0.1) is 0 Å². The molecule has 1 unspecified atom stereocenters. The van der Waals surface area contributed by atoms with Gasteiger partial charge in [-0.05, 0) is 24.8 Å². The normalized spacial score (nSPS) is 16.0. The molecule has 7 nitrogen and oxygen atoms in total. The van der Waals surface area contributed by atoms with Gasteiger partial charge in [-0.3, -0.25) is 4.79 Å². The predicted octanol–water partition coefficient (Wildman–Crippen LogP) is 1.72. The van der Waals surface area contributed by atoms with Crippen molar-refractivity contribution < 1.29 is 9.90 Å². The smallest absolute Gasteiger partial charge is 0.348 e. The van der Waals surface area contributed by atoms with E-state index in [-0.39, 0.29) is 6.04 Å². The molecule has 1 aromatic heterocycles. The molecular formula is C18H23N3O4S. The Balaban J connectivity index is 2.06. The highest BCUT2D eigenvalue weighted by molar-refractivity contribution is 7.80. The fourth-order valence-electron chi connectivity index (χ4n) is 3.72. The lowest BCUT2D eigenvalue weighted by Crippen LogP contribution is -2.35. The zero-order valence-electron chi connectivity index (χ0n) is 14.5. The number of nitrogens with zero attached hydrogens (tertiary/aromatic N) is 3. The first-order chi connectivity index (χ1) is 12.5. The number of benzene rings is 1. The van der Waals surface area contributed by atoms with E-state index >= 15 is 0 Å². The molecule has 2 aromatic rings. The molecule has 1 saturated carbocycles. The van der Waals surface area contributed by atoms with Gasteiger partial charge in [0.05, 0.1) is 12.1 Å². The highest BCUT2D eigenvalue weighted by atomic mass is 32.1. The Hall–Kier alpha value is -2.22. The summed E-state index contributed by atoms with van der Waals surface area (Å²) in [6.07, 6.45) is 4.01. The maximum Gasteiger partial charge on any atom is 0.348 e. The summed E-state index contributed by atoms with van der Waals surface area (Å²) in [4.78, 5) is 37.2. The molecule has 1 aliphatic rings. The van der Waals surface area contributed by atoms with Gasteiger partial charge in [0.15, 0.2) is 0 Å². The summed E-state index contributed by atoms with van der Waals surface area (Å²) in [6, 6.07) is 9.04. The number of thiol groups is 1. The molecule has 1 N–H and O–H groups in total. The third-order valence-electron chi connectivity index (χ3n) is 4.93. The van der Waals surface area contributed by atoms with Crippen LogP contribution in [0.25, 0.3) is 0 Å². The van der Waals surface area contributed by atoms with E-state index in [9.17, 15) is 19.5 Å². The fraction of sp³-hybridized carbons (Fsp3) is 0.500. The lowest BCUT2D eigenvalue weighted by Gasteiger charge is -2.15. The Kier molecular flexibility index (Phi) is 5.70. The van der Waals surface area contributed by atoms with Crippen LogP contribution in [0.15, 0.2) is 39.9 Å². The molecule has 0 spiro atoms. The zero-order chi connectivity index (χ0) is 18.7. The minimum atomic E-state index is -1.14. The van der Waals surface area contributed by atoms with Gasteiger partial charge in [-0.15, -0.1) is 0 Å². The van der Waals surface area contributed by atoms with Gasteiger partial charge in [-0.1, -0.05) is 43.2 Å². The molecule has 0 radical (unpaired) electrons. The Morgan fingerprint density at radius 3 is 2.38 bits per heavy atom. The van der Waals surface area contributed by atoms with Crippen LogP contribution in [0.3, 0.4) is 0 Å². The summed E-state index contributed by atoms with van der Waals surface area (Å²) in [5.74, 6) is -0.826. The van der Waals surface area contributed by atoms with Crippen LogP contribution in [0.5, 0.6) is 0 Å². The monoisotopic (exact) mass is 377 g/mol. The number of carboxylic acid groups (broad SMARTS) is 1. The van der Waals surface area contributed by atoms with Crippen molar-refractivity contribution in [3.8, 4) is 0 Å². The molecule has 1 fully saturated rings. The van der Waals surface area contributed by atoms with Crippen LogP contribution in [0.2, 0.25) is 0 Å². The Labute approximate surface area is 156 Å². The van der Waals surface area contributed by atoms with Crippen LogP contribution in [-0.2, 0) is 17.8 Å². The standard InChI is InChI=1S/C18H23N3O4S/c22-16(23)11-19-17(24)20(18(25)21(19)14-8-4-5-9-14)15(12-26)10-13-6-2-1-3-7-13/h1-3,6-7,14-15,26H,4-5,8-12H2,(H,22,23). The summed E-state index contributed by atoms with van der Waals surface area (Å²) in [5, 5.41) is 9.19. The first-order valence-electron chi connectivity index (χ1n) is 8.83. The molecule has 1 aliphatic carbocycles. The molecule has 0 amide bonds. The number of hydrogen-bond donors (Lipinski definition) is 2. The summed E-state index contributed by atoms with van der Waals surface area (Å²) in [5.41, 5.74) is -0.00587. The van der Waals surface area contributed by atoms with Crippen molar-refractivity contribution in [3.05, 3.63) is 56.9 Å². The predicted molar refractivity (Wildman–Crippen MR) is 101 cm³/mol. The third-order valence-corrected chi connectivity index (χ3v) is 5.36. The molecular weight excluding hydrogens is 354 g/mol. The number of carboxylic acids is 1. The lowest BCUT2D eigenvalue weighted by molar-refractivity contribution is -0.138. The Bertz CT molecular complexity index is 878. The first kappa shape index (κ1) is 18.6. The minimum absolute atomic E-state index is 0.118. The van der Waals surface area contributed by atoms with E-state index in [4.69, 9.17) is 0 Å². The van der Waals surface area contributed by atoms with Gasteiger partial charge in [0.25, 0.3) is 0 Å². The first-order valence-corrected chi connectivity index (χ1v) is 9.46. The van der Waals surface area contributed by atoms with Gasteiger partial charge in [0.1, 0.15) is 6.54 Å². The molecule has 1 aromatic carbocycles. The van der Waals surface area contributed by atoms with Crippen LogP contribution >= 0.6 is 12.6 Å². The van der Waals surface area contributed by atoms with Gasteiger partial charge in [-0.25, -0.2) is 23.5 Å². The molecule has 8 heteroatoms. The average Bonchev–Trinajstić information content (AvgIpc) is 3.21. The van der Waals surface area contributed by atoms with E-state index in [0.29, 0.717) is 12.2 Å². The zero-order valence-corrected chi connectivity index (χ0v) is 15.3. The van der Waals surface area contributed by atoms with Crippen molar-refractivity contribution in [1.82, 2.24) is 13.9 Å². The number of aliphatic carboxylic acids is 1. The van der Waals surface area contributed by atoms with E-state index in [1.165, 1.54) is 9.25 Å². The van der Waals surface area contributed by atoms with Gasteiger partial charge in [0, 0.05) is 5.75 Å². The summed E-state index contributed by atoms with van der Waals surface area (Å²) in [7, 11) is 0. The van der Waals surface area contributed by atoms with E-state index in [1.54, 1.807) is 0 Å². The van der Waals surface area contributed by atoms with Gasteiger partial charge in [-0.2, -0.15) is 12.6 Å². The molecule has 26 heavy (non-hydrogen) atoms. The van der Waals surface area contributed by atoms with Crippen molar-refractivity contribution >= 4 is 18.6 Å². The molecule has 1 atom stereocenters. The summed E-state index contributed by atoms with van der Waals surface area (Å²) in [6.45, 7) is -0.512. The highest BCUT2D eigenvalue weighted by Crippen LogP contribution is 2.28. The summed E-state index contributed by atoms with van der Waals surface area (Å²) >= 11 is 4.34. The lowest BCUT2D eigenvalue weighted by atomic mass is 10.1. The number of rotatable bonds is 7. The van der Waals surface area contributed by atoms with Crippen molar-refractivity contribution in [2.75, 3.05) is 5.75 Å². The van der Waals surface area contributed by atoms with E-state index in [2.05, 4.69) is 12.6 Å². The minimum Gasteiger partial charge on any atom is -0.480 e. The molecule has 1 heterocycles. The van der Waals surface area contributed by atoms with Gasteiger partial charge >= 0.3 is 17.3 Å². The van der Waals surface area contributed by atoms with Crippen molar-refractivity contribution in [3.63, 3.8) is 0 Å². The number of aromatic nitrogens is 3. The second kappa shape index (κ2) is 7.99. The second-order valence-electron chi connectivity index (χ2n) is 6.70. The second-order valence-corrected chi connectivity index (χ2v) is 7.06. The van der Waals surface area contributed by atoms with E-state index in [1.807, 2.05) is 30.3 Å². The van der Waals surface area contributed by atoms with Gasteiger partial charge < -0.3 is 5.11 Å². The van der Waals surface area contributed by atoms with Crippen LogP contribution in [0.4, 0.5) is 0 Å². The largest absolute Gasteiger partial charge is 0.480 e. The maximum atomic E-state index is 13.0. The quantitative estimate of drug-likeness (QED) is 0.720. The maximum absolute atomic E-state index is 13.0. The van der Waals surface area contributed by atoms with Crippen molar-refractivity contribution in [2.24, 2.45) is 0 Å². The Morgan fingerprint density at radius 1 is 1.15 bits per heavy atom. The topological polar surface area (TPSA) is 86.2 Å². The highest BCUT2D eigenvalue weighted by Gasteiger charge is 2.28. The number of hydrogen-bond acceptors (Lipinski definition) is 4. The molecule has 140 valence electrons. The molecule has 0 saturated heterocycles. The van der Waals surface area contributed by atoms with Gasteiger partial charge in [0.2, 0.25) is 0 Å². The average molecular weight is 377 g/mol. The molecule has 3 rings (SSSR count). The summed E-state index contributed by atoms with van der Waals surface area (Å²) < 4.78 is 3.63. The van der Waals surface area contributed by atoms with Crippen LogP contribution in [-0.4, -0.2) is 30.8 Å². The SMILES string of the molecule is O=C(O)Cn1c(=O)n(C(CS)Cc2ccccc2)c(=O)n1C1CCCC1.